The summed E-state index contributed by atoms with van der Waals surface area (Å²) in [5.41, 5.74) is 0.690. The van der Waals surface area contributed by atoms with Gasteiger partial charge in [0, 0.05) is 19.8 Å². The van der Waals surface area contributed by atoms with Crippen LogP contribution in [0.15, 0.2) is 34.1 Å². The van der Waals surface area contributed by atoms with Gasteiger partial charge in [0.15, 0.2) is 0 Å². The number of thioether (sulfide) groups is 1. The van der Waals surface area contributed by atoms with Crippen LogP contribution in [-0.4, -0.2) is 38.1 Å². The van der Waals surface area contributed by atoms with E-state index >= 15 is 0 Å². The van der Waals surface area contributed by atoms with Gasteiger partial charge in [-0.3, -0.25) is 18.9 Å². The van der Waals surface area contributed by atoms with E-state index in [4.69, 9.17) is 12.2 Å². The van der Waals surface area contributed by atoms with Gasteiger partial charge in [-0.2, -0.15) is 0 Å². The molecule has 0 aliphatic carbocycles. The maximum absolute atomic E-state index is 12.9. The molecule has 2 aromatic rings. The summed E-state index contributed by atoms with van der Waals surface area (Å²) in [4.78, 5) is 31.6. The first kappa shape index (κ1) is 17.6. The Bertz CT molecular complexity index is 949. The maximum Gasteiger partial charge on any atom is 0.267 e. The number of hydrogen-bond acceptors (Lipinski definition) is 6. The summed E-state index contributed by atoms with van der Waals surface area (Å²) < 4.78 is 1.95. The third-order valence-electron chi connectivity index (χ3n) is 3.71. The number of amides is 1. The van der Waals surface area contributed by atoms with Crippen molar-refractivity contribution in [2.75, 3.05) is 18.9 Å². The summed E-state index contributed by atoms with van der Waals surface area (Å²) in [6, 6.07) is 5.37. The molecule has 25 heavy (non-hydrogen) atoms. The summed E-state index contributed by atoms with van der Waals surface area (Å²) in [5.74, 6) is 0.659. The molecule has 1 aliphatic heterocycles. The second kappa shape index (κ2) is 6.97. The molecule has 1 fully saturated rings. The predicted molar refractivity (Wildman–Crippen MR) is 106 cm³/mol. The number of carbonyl (C=O) groups is 1. The Morgan fingerprint density at radius 1 is 1.36 bits per heavy atom. The Labute approximate surface area is 154 Å². The topological polar surface area (TPSA) is 66.7 Å². The van der Waals surface area contributed by atoms with Gasteiger partial charge in [0.05, 0.1) is 10.5 Å². The van der Waals surface area contributed by atoms with Crippen molar-refractivity contribution in [3.05, 3.63) is 45.2 Å². The van der Waals surface area contributed by atoms with Crippen LogP contribution < -0.4 is 10.9 Å². The Morgan fingerprint density at radius 2 is 2.12 bits per heavy atom. The minimum Gasteiger partial charge on any atom is -0.369 e. The summed E-state index contributed by atoms with van der Waals surface area (Å²) in [6.07, 6.45) is 3.25. The van der Waals surface area contributed by atoms with E-state index in [1.54, 1.807) is 31.5 Å². The zero-order valence-corrected chi connectivity index (χ0v) is 15.8. The molecule has 0 bridgehead atoms. The summed E-state index contributed by atoms with van der Waals surface area (Å²) in [6.45, 7) is 4.82. The number of thiocarbonyl (C=S) groups is 1. The van der Waals surface area contributed by atoms with Crippen molar-refractivity contribution in [2.24, 2.45) is 5.92 Å². The van der Waals surface area contributed by atoms with Crippen LogP contribution in [0.2, 0.25) is 0 Å². The molecular weight excluding hydrogens is 356 g/mol. The van der Waals surface area contributed by atoms with E-state index in [1.165, 1.54) is 21.1 Å². The van der Waals surface area contributed by atoms with Crippen LogP contribution in [0.4, 0.5) is 5.82 Å². The Kier molecular flexibility index (Phi) is 4.91. The molecule has 3 heterocycles. The minimum absolute atomic E-state index is 0.206. The van der Waals surface area contributed by atoms with E-state index in [9.17, 15) is 9.59 Å². The Morgan fingerprint density at radius 3 is 2.76 bits per heavy atom. The summed E-state index contributed by atoms with van der Waals surface area (Å²) >= 11 is 6.34. The van der Waals surface area contributed by atoms with Crippen molar-refractivity contribution in [1.82, 2.24) is 14.3 Å². The lowest BCUT2D eigenvalue weighted by Gasteiger charge is -2.12. The molecule has 1 amide bonds. The molecule has 1 N–H and O–H groups in total. The van der Waals surface area contributed by atoms with Gasteiger partial charge in [0.1, 0.15) is 15.8 Å². The largest absolute Gasteiger partial charge is 0.369 e. The van der Waals surface area contributed by atoms with Gasteiger partial charge in [0.2, 0.25) is 0 Å². The van der Waals surface area contributed by atoms with Crippen molar-refractivity contribution in [3.63, 3.8) is 0 Å². The third kappa shape index (κ3) is 3.45. The van der Waals surface area contributed by atoms with Gasteiger partial charge in [-0.05, 0) is 24.1 Å². The molecule has 0 aromatic carbocycles. The number of anilines is 1. The highest BCUT2D eigenvalue weighted by Gasteiger charge is 2.29. The van der Waals surface area contributed by atoms with Crippen LogP contribution >= 0.6 is 24.0 Å². The first-order valence-corrected chi connectivity index (χ1v) is 9.07. The van der Waals surface area contributed by atoms with Crippen LogP contribution in [0, 0.1) is 5.92 Å². The normalized spacial score (nSPS) is 16.5. The van der Waals surface area contributed by atoms with Crippen molar-refractivity contribution in [2.45, 2.75) is 13.8 Å². The van der Waals surface area contributed by atoms with Gasteiger partial charge in [-0.1, -0.05) is 43.9 Å². The molecule has 8 heteroatoms. The Balaban J connectivity index is 2.16. The molecule has 1 aliphatic rings. The number of nitrogens with zero attached hydrogens (tertiary/aromatic N) is 3. The highest BCUT2D eigenvalue weighted by atomic mass is 32.2. The number of likely N-dealkylation sites (N-methyl/N-ethyl adjacent to an activating group) is 1. The molecule has 6 nitrogen and oxygen atoms in total. The predicted octanol–water partition coefficient (Wildman–Crippen LogP) is 2.59. The molecule has 0 atom stereocenters. The maximum atomic E-state index is 12.9. The van der Waals surface area contributed by atoms with Crippen LogP contribution in [-0.2, 0) is 4.79 Å². The van der Waals surface area contributed by atoms with Crippen molar-refractivity contribution in [3.8, 4) is 0 Å². The number of aromatic nitrogens is 2. The molecular formula is C17H18N4O2S2. The van der Waals surface area contributed by atoms with E-state index in [2.05, 4.69) is 24.1 Å². The smallest absolute Gasteiger partial charge is 0.267 e. The van der Waals surface area contributed by atoms with Gasteiger partial charge < -0.3 is 5.32 Å². The first-order chi connectivity index (χ1) is 11.9. The van der Waals surface area contributed by atoms with Gasteiger partial charge in [-0.25, -0.2) is 4.98 Å². The highest BCUT2D eigenvalue weighted by molar-refractivity contribution is 8.26. The van der Waals surface area contributed by atoms with Crippen molar-refractivity contribution < 1.29 is 4.79 Å². The number of rotatable bonds is 4. The fourth-order valence-corrected chi connectivity index (χ4v) is 3.51. The SMILES string of the molecule is CC(C)CNc1nc2ccccn2c(=O)c1/C=C1\SC(=S)N(C)C1=O. The standard InChI is InChI=1S/C17H18N4O2S2/c1-10(2)9-18-14-11(8-12-16(23)20(3)17(24)25-12)15(22)21-7-5-4-6-13(21)19-14/h4-8,10,18H,9H2,1-3H3/b12-8-. The Hall–Kier alpha value is -2.19. The van der Waals surface area contributed by atoms with E-state index in [0.29, 0.717) is 38.7 Å². The lowest BCUT2D eigenvalue weighted by atomic mass is 10.2. The van der Waals surface area contributed by atoms with Crippen LogP contribution in [0.3, 0.4) is 0 Å². The second-order valence-corrected chi connectivity index (χ2v) is 7.80. The van der Waals surface area contributed by atoms with Crippen LogP contribution in [0.5, 0.6) is 0 Å². The average molecular weight is 374 g/mol. The van der Waals surface area contributed by atoms with E-state index in [-0.39, 0.29) is 11.5 Å². The quantitative estimate of drug-likeness (QED) is 0.655. The molecule has 0 radical (unpaired) electrons. The average Bonchev–Trinajstić information content (AvgIpc) is 2.83. The minimum atomic E-state index is -0.224. The van der Waals surface area contributed by atoms with Crippen molar-refractivity contribution >= 4 is 51.7 Å². The molecule has 1 saturated heterocycles. The van der Waals surface area contributed by atoms with Gasteiger partial charge >= 0.3 is 0 Å². The van der Waals surface area contributed by atoms with E-state index < -0.39 is 0 Å². The molecule has 3 rings (SSSR count). The zero-order valence-electron chi connectivity index (χ0n) is 14.1. The lowest BCUT2D eigenvalue weighted by Crippen LogP contribution is -2.23. The van der Waals surface area contributed by atoms with Crippen molar-refractivity contribution in [1.29, 1.82) is 0 Å². The third-order valence-corrected chi connectivity index (χ3v) is 5.19. The monoisotopic (exact) mass is 374 g/mol. The first-order valence-electron chi connectivity index (χ1n) is 7.85. The summed E-state index contributed by atoms with van der Waals surface area (Å²) in [7, 11) is 1.63. The molecule has 2 aromatic heterocycles. The second-order valence-electron chi connectivity index (χ2n) is 6.12. The van der Waals surface area contributed by atoms with Gasteiger partial charge in [-0.15, -0.1) is 0 Å². The van der Waals surface area contributed by atoms with E-state index in [0.717, 1.165) is 0 Å². The highest BCUT2D eigenvalue weighted by Crippen LogP contribution is 2.31. The number of carbonyl (C=O) groups excluding carboxylic acids is 1. The molecule has 0 saturated carbocycles. The molecule has 0 unspecified atom stereocenters. The zero-order chi connectivity index (χ0) is 18.1. The number of hydrogen-bond donors (Lipinski definition) is 1. The lowest BCUT2D eigenvalue weighted by molar-refractivity contribution is -0.121. The number of fused-ring (bicyclic) bond motifs is 1. The van der Waals surface area contributed by atoms with Crippen LogP contribution in [0.1, 0.15) is 19.4 Å². The van der Waals surface area contributed by atoms with Gasteiger partial charge in [0.25, 0.3) is 11.5 Å². The van der Waals surface area contributed by atoms with E-state index in [1.807, 2.05) is 6.07 Å². The fraction of sp³-hybridized carbons (Fsp3) is 0.294. The molecule has 0 spiro atoms. The molecule has 130 valence electrons. The summed E-state index contributed by atoms with van der Waals surface area (Å²) in [5, 5.41) is 3.22. The number of pyridine rings is 1. The number of nitrogens with one attached hydrogen (secondary N) is 1. The van der Waals surface area contributed by atoms with Crippen LogP contribution in [0.25, 0.3) is 11.7 Å². The fourth-order valence-electron chi connectivity index (χ4n) is 2.35.